The van der Waals surface area contributed by atoms with Crippen molar-refractivity contribution in [1.82, 2.24) is 0 Å². The average Bonchev–Trinajstić information content (AvgIpc) is 3.33. The number of hydrogen-bond donors (Lipinski definition) is 0. The number of carbonyl (C=O) groups is 3. The molecule has 0 bridgehead atoms. The average molecular weight is 933 g/mol. The molecule has 1 atom stereocenters. The van der Waals surface area contributed by atoms with E-state index in [0.29, 0.717) is 19.3 Å². The van der Waals surface area contributed by atoms with Crippen LogP contribution in [-0.2, 0) is 28.6 Å². The van der Waals surface area contributed by atoms with Crippen LogP contribution >= 0.6 is 0 Å². The zero-order valence-corrected chi connectivity index (χ0v) is 43.9. The van der Waals surface area contributed by atoms with E-state index in [0.717, 1.165) is 109 Å². The van der Waals surface area contributed by atoms with Crippen molar-refractivity contribution >= 4 is 17.9 Å². The number of carbonyl (C=O) groups excluding carboxylic acids is 3. The lowest BCUT2D eigenvalue weighted by Gasteiger charge is -2.18. The largest absolute Gasteiger partial charge is 0.462 e. The Morgan fingerprint density at radius 1 is 0.313 bits per heavy atom. The molecule has 0 aliphatic heterocycles. The van der Waals surface area contributed by atoms with Crippen molar-refractivity contribution in [3.05, 3.63) is 85.1 Å². The zero-order valence-electron chi connectivity index (χ0n) is 43.9. The fourth-order valence-corrected chi connectivity index (χ4v) is 7.62. The van der Waals surface area contributed by atoms with Crippen LogP contribution in [0, 0.1) is 0 Å². The van der Waals surface area contributed by atoms with E-state index in [2.05, 4.69) is 106 Å². The van der Waals surface area contributed by atoms with Crippen LogP contribution in [0.25, 0.3) is 0 Å². The van der Waals surface area contributed by atoms with Gasteiger partial charge in [0.15, 0.2) is 6.10 Å². The summed E-state index contributed by atoms with van der Waals surface area (Å²) in [5.74, 6) is -0.919. The summed E-state index contributed by atoms with van der Waals surface area (Å²) in [6.07, 6.45) is 71.4. The fourth-order valence-electron chi connectivity index (χ4n) is 7.62. The summed E-state index contributed by atoms with van der Waals surface area (Å²) in [6, 6.07) is 0. The molecule has 1 unspecified atom stereocenters. The quantitative estimate of drug-likeness (QED) is 0.0262. The second-order valence-electron chi connectivity index (χ2n) is 18.5. The van der Waals surface area contributed by atoms with Gasteiger partial charge in [0.05, 0.1) is 0 Å². The number of unbranched alkanes of at least 4 members (excludes halogenated alkanes) is 25. The van der Waals surface area contributed by atoms with Gasteiger partial charge in [0, 0.05) is 19.3 Å². The molecule has 0 fully saturated rings. The fraction of sp³-hybridized carbons (Fsp3) is 0.721. The SMILES string of the molecule is CC/C=C\C/C=C\C/C=C\CCCCCCCCCC(=O)OC(COC(=O)CCCCCCC/C=C\CCCC)COC(=O)CCCCCCCC/C=C\C/C=C\C/C=C\CCCCCCC. The van der Waals surface area contributed by atoms with E-state index in [1.807, 2.05) is 0 Å². The lowest BCUT2D eigenvalue weighted by Crippen LogP contribution is -2.30. The molecule has 384 valence electrons. The minimum absolute atomic E-state index is 0.0897. The summed E-state index contributed by atoms with van der Waals surface area (Å²) in [7, 11) is 0. The third-order valence-electron chi connectivity index (χ3n) is 11.9. The topological polar surface area (TPSA) is 78.9 Å². The van der Waals surface area contributed by atoms with Gasteiger partial charge in [0.1, 0.15) is 13.2 Å². The van der Waals surface area contributed by atoms with Crippen LogP contribution in [0.3, 0.4) is 0 Å². The van der Waals surface area contributed by atoms with E-state index in [9.17, 15) is 14.4 Å². The molecule has 0 heterocycles. The summed E-state index contributed by atoms with van der Waals surface area (Å²) in [4.78, 5) is 38.1. The monoisotopic (exact) mass is 933 g/mol. The van der Waals surface area contributed by atoms with Gasteiger partial charge in [0.2, 0.25) is 0 Å². The van der Waals surface area contributed by atoms with Gasteiger partial charge in [0.25, 0.3) is 0 Å². The van der Waals surface area contributed by atoms with Crippen LogP contribution in [0.4, 0.5) is 0 Å². The van der Waals surface area contributed by atoms with Crippen molar-refractivity contribution in [3.63, 3.8) is 0 Å². The first-order valence-electron chi connectivity index (χ1n) is 28.1. The Balaban J connectivity index is 4.38. The first-order valence-corrected chi connectivity index (χ1v) is 28.1. The van der Waals surface area contributed by atoms with Crippen LogP contribution in [0.5, 0.6) is 0 Å². The molecule has 0 aromatic rings. The van der Waals surface area contributed by atoms with Gasteiger partial charge in [-0.05, 0) is 109 Å². The zero-order chi connectivity index (χ0) is 48.6. The maximum absolute atomic E-state index is 12.8. The van der Waals surface area contributed by atoms with E-state index in [4.69, 9.17) is 14.2 Å². The summed E-state index contributed by atoms with van der Waals surface area (Å²) in [5, 5.41) is 0. The second kappa shape index (κ2) is 55.2. The molecular formula is C61H104O6. The highest BCUT2D eigenvalue weighted by Gasteiger charge is 2.19. The van der Waals surface area contributed by atoms with Crippen molar-refractivity contribution < 1.29 is 28.6 Å². The highest BCUT2D eigenvalue weighted by atomic mass is 16.6. The van der Waals surface area contributed by atoms with Crippen molar-refractivity contribution in [2.75, 3.05) is 13.2 Å². The van der Waals surface area contributed by atoms with Crippen LogP contribution < -0.4 is 0 Å². The molecule has 0 spiro atoms. The molecule has 0 aromatic carbocycles. The van der Waals surface area contributed by atoms with Gasteiger partial charge in [-0.1, -0.05) is 221 Å². The standard InChI is InChI=1S/C61H104O6/c1-4-7-10-13-16-19-22-24-26-28-29-30-31-33-34-36-39-42-45-48-51-54-60(63)66-57-58(56-65-59(62)53-50-47-44-41-38-21-18-15-12-9-6-3)67-61(64)55-52-49-46-43-40-37-35-32-27-25-23-20-17-14-11-8-5-2/h8,11,15,17-18,20,22,24-25,27-29,31,33,58H,4-7,9-10,12-14,16,19,21,23,26,30,32,34-57H2,1-3H3/b11-8-,18-15-,20-17-,24-22-,27-25-,29-28-,33-31-. The Hall–Kier alpha value is -3.41. The van der Waals surface area contributed by atoms with Crippen molar-refractivity contribution in [2.24, 2.45) is 0 Å². The Morgan fingerprint density at radius 3 is 0.970 bits per heavy atom. The minimum Gasteiger partial charge on any atom is -0.462 e. The van der Waals surface area contributed by atoms with Gasteiger partial charge in [-0.15, -0.1) is 0 Å². The summed E-state index contributed by atoms with van der Waals surface area (Å²) in [6.45, 7) is 6.46. The Kier molecular flexibility index (Phi) is 52.4. The maximum Gasteiger partial charge on any atom is 0.306 e. The molecule has 0 amide bonds. The summed E-state index contributed by atoms with van der Waals surface area (Å²) < 4.78 is 16.8. The second-order valence-corrected chi connectivity index (χ2v) is 18.5. The van der Waals surface area contributed by atoms with Crippen molar-refractivity contribution in [3.8, 4) is 0 Å². The predicted octanol–water partition coefficient (Wildman–Crippen LogP) is 18.8. The van der Waals surface area contributed by atoms with Crippen molar-refractivity contribution in [1.29, 1.82) is 0 Å². The smallest absolute Gasteiger partial charge is 0.306 e. The minimum atomic E-state index is -0.791. The molecule has 0 aliphatic carbocycles. The lowest BCUT2D eigenvalue weighted by atomic mass is 10.1. The van der Waals surface area contributed by atoms with E-state index in [1.54, 1.807) is 0 Å². The Bertz CT molecular complexity index is 1300. The van der Waals surface area contributed by atoms with E-state index >= 15 is 0 Å². The van der Waals surface area contributed by atoms with E-state index in [-0.39, 0.29) is 31.1 Å². The molecule has 6 heteroatoms. The highest BCUT2D eigenvalue weighted by Crippen LogP contribution is 2.14. The van der Waals surface area contributed by atoms with Gasteiger partial charge < -0.3 is 14.2 Å². The Morgan fingerprint density at radius 2 is 0.597 bits per heavy atom. The van der Waals surface area contributed by atoms with Crippen molar-refractivity contribution in [2.45, 2.75) is 271 Å². The molecule has 0 N–H and O–H groups in total. The lowest BCUT2D eigenvalue weighted by molar-refractivity contribution is -0.167. The van der Waals surface area contributed by atoms with Gasteiger partial charge in [-0.25, -0.2) is 0 Å². The number of hydrogen-bond acceptors (Lipinski definition) is 6. The number of ether oxygens (including phenoxy) is 3. The molecule has 0 rings (SSSR count). The summed E-state index contributed by atoms with van der Waals surface area (Å²) >= 11 is 0. The first kappa shape index (κ1) is 63.6. The molecule has 67 heavy (non-hydrogen) atoms. The summed E-state index contributed by atoms with van der Waals surface area (Å²) in [5.41, 5.74) is 0. The number of esters is 3. The van der Waals surface area contributed by atoms with E-state index < -0.39 is 6.10 Å². The molecule has 0 aliphatic rings. The molecule has 0 saturated heterocycles. The highest BCUT2D eigenvalue weighted by molar-refractivity contribution is 5.71. The van der Waals surface area contributed by atoms with Gasteiger partial charge in [-0.3, -0.25) is 14.4 Å². The van der Waals surface area contributed by atoms with Crippen LogP contribution in [0.15, 0.2) is 85.1 Å². The molecule has 0 saturated carbocycles. The maximum atomic E-state index is 12.8. The third kappa shape index (κ3) is 53.4. The third-order valence-corrected chi connectivity index (χ3v) is 11.9. The number of allylic oxidation sites excluding steroid dienone is 14. The van der Waals surface area contributed by atoms with Crippen LogP contribution in [0.2, 0.25) is 0 Å². The predicted molar refractivity (Wildman–Crippen MR) is 288 cm³/mol. The van der Waals surface area contributed by atoms with Crippen LogP contribution in [-0.4, -0.2) is 37.2 Å². The van der Waals surface area contributed by atoms with Gasteiger partial charge in [-0.2, -0.15) is 0 Å². The van der Waals surface area contributed by atoms with Gasteiger partial charge >= 0.3 is 17.9 Å². The molecule has 0 aromatic heterocycles. The normalized spacial score (nSPS) is 12.7. The Labute approximate surface area is 414 Å². The molecular weight excluding hydrogens is 829 g/mol. The molecule has 6 nitrogen and oxygen atoms in total. The number of rotatable bonds is 50. The first-order chi connectivity index (χ1) is 33.0. The van der Waals surface area contributed by atoms with Crippen LogP contribution in [0.1, 0.15) is 265 Å². The molecule has 0 radical (unpaired) electrons. The van der Waals surface area contributed by atoms with E-state index in [1.165, 1.54) is 116 Å².